The van der Waals surface area contributed by atoms with Gasteiger partial charge in [-0.2, -0.15) is 0 Å². The van der Waals surface area contributed by atoms with Crippen molar-refractivity contribution in [2.24, 2.45) is 5.73 Å². The van der Waals surface area contributed by atoms with E-state index in [2.05, 4.69) is 15.9 Å². The molecule has 140 valence electrons. The lowest BCUT2D eigenvalue weighted by Crippen LogP contribution is -2.24. The topological polar surface area (TPSA) is 135 Å². The standard InChI is InChI=1S/C14H12N4O.C5H9NO2/c1-3-9-5-4-6-10(7-9)14-17-8(2)11(15)12(18-14)13(16)19;1-6-3-2-4(7)5(6)8/h1,4-7H,15H2,2H3,(H2,16,19);4,7H,2-3H2,1H3/t;4-/m.0/s1. The number of rotatable bonds is 2. The van der Waals surface area contributed by atoms with E-state index in [1.54, 1.807) is 38.2 Å². The molecule has 2 amide bonds. The predicted molar refractivity (Wildman–Crippen MR) is 101 cm³/mol. The molecule has 2 heterocycles. The number of aliphatic hydroxyl groups excluding tert-OH is 1. The lowest BCUT2D eigenvalue weighted by atomic mass is 10.1. The number of terminal acetylenes is 1. The molecule has 0 aliphatic carbocycles. The summed E-state index contributed by atoms with van der Waals surface area (Å²) >= 11 is 0. The Hall–Kier alpha value is -3.44. The highest BCUT2D eigenvalue weighted by atomic mass is 16.3. The molecule has 8 heteroatoms. The number of likely N-dealkylation sites (tertiary alicyclic amines) is 1. The number of benzene rings is 1. The number of nitrogen functional groups attached to an aromatic ring is 1. The average molecular weight is 367 g/mol. The summed E-state index contributed by atoms with van der Waals surface area (Å²) in [6, 6.07) is 7.15. The molecule has 0 spiro atoms. The van der Waals surface area contributed by atoms with Crippen molar-refractivity contribution in [3.8, 4) is 23.7 Å². The van der Waals surface area contributed by atoms with Crippen molar-refractivity contribution in [1.82, 2.24) is 14.9 Å². The zero-order valence-electron chi connectivity index (χ0n) is 15.1. The Balaban J connectivity index is 0.000000273. The summed E-state index contributed by atoms with van der Waals surface area (Å²) in [4.78, 5) is 31.8. The lowest BCUT2D eigenvalue weighted by molar-refractivity contribution is -0.133. The third kappa shape index (κ3) is 4.59. The first kappa shape index (κ1) is 19.9. The molecule has 1 saturated heterocycles. The van der Waals surface area contributed by atoms with Crippen LogP contribution in [0.1, 0.15) is 28.2 Å². The van der Waals surface area contributed by atoms with Gasteiger partial charge in [0.05, 0.1) is 11.4 Å². The fourth-order valence-corrected chi connectivity index (χ4v) is 2.45. The smallest absolute Gasteiger partial charge is 0.269 e. The summed E-state index contributed by atoms with van der Waals surface area (Å²) in [6.07, 6.45) is 5.21. The van der Waals surface area contributed by atoms with Crippen LogP contribution >= 0.6 is 0 Å². The molecule has 3 rings (SSSR count). The second-order valence-corrected chi connectivity index (χ2v) is 6.05. The van der Waals surface area contributed by atoms with Crippen molar-refractivity contribution in [1.29, 1.82) is 0 Å². The second-order valence-electron chi connectivity index (χ2n) is 6.05. The molecule has 1 atom stereocenters. The number of aliphatic hydroxyl groups is 1. The number of primary amides is 1. The first-order chi connectivity index (χ1) is 12.7. The third-order valence-electron chi connectivity index (χ3n) is 4.06. The fraction of sp³-hybridized carbons (Fsp3) is 0.263. The van der Waals surface area contributed by atoms with Gasteiger partial charge in [0, 0.05) is 24.7 Å². The highest BCUT2D eigenvalue weighted by molar-refractivity contribution is 5.96. The van der Waals surface area contributed by atoms with E-state index in [0.717, 1.165) is 0 Å². The first-order valence-corrected chi connectivity index (χ1v) is 8.18. The molecule has 1 aromatic carbocycles. The van der Waals surface area contributed by atoms with E-state index in [0.29, 0.717) is 35.6 Å². The van der Waals surface area contributed by atoms with Gasteiger partial charge in [-0.15, -0.1) is 6.42 Å². The molecule has 27 heavy (non-hydrogen) atoms. The Labute approximate surface area is 157 Å². The Morgan fingerprint density at radius 3 is 2.59 bits per heavy atom. The van der Waals surface area contributed by atoms with Crippen LogP contribution in [0.15, 0.2) is 24.3 Å². The number of nitrogens with zero attached hydrogens (tertiary/aromatic N) is 3. The van der Waals surface area contributed by atoms with Gasteiger partial charge in [-0.05, 0) is 25.5 Å². The third-order valence-corrected chi connectivity index (χ3v) is 4.06. The highest BCUT2D eigenvalue weighted by Gasteiger charge is 2.26. The number of aromatic nitrogens is 2. The van der Waals surface area contributed by atoms with Crippen LogP contribution in [-0.2, 0) is 4.79 Å². The molecule has 1 fully saturated rings. The largest absolute Gasteiger partial charge is 0.395 e. The van der Waals surface area contributed by atoms with Gasteiger partial charge in [-0.25, -0.2) is 9.97 Å². The van der Waals surface area contributed by atoms with Crippen molar-refractivity contribution < 1.29 is 14.7 Å². The molecule has 1 aromatic heterocycles. The maximum Gasteiger partial charge on any atom is 0.269 e. The van der Waals surface area contributed by atoms with Crippen molar-refractivity contribution in [3.05, 3.63) is 41.2 Å². The monoisotopic (exact) mass is 367 g/mol. The van der Waals surface area contributed by atoms with Gasteiger partial charge in [0.1, 0.15) is 6.10 Å². The van der Waals surface area contributed by atoms with E-state index in [9.17, 15) is 9.59 Å². The molecular formula is C19H21N5O3. The summed E-state index contributed by atoms with van der Waals surface area (Å²) in [6.45, 7) is 2.39. The Bertz CT molecular complexity index is 908. The van der Waals surface area contributed by atoms with Crippen LogP contribution in [0.25, 0.3) is 11.4 Å². The molecule has 0 radical (unpaired) electrons. The van der Waals surface area contributed by atoms with Gasteiger partial charge < -0.3 is 21.5 Å². The van der Waals surface area contributed by atoms with Gasteiger partial charge in [-0.3, -0.25) is 9.59 Å². The van der Waals surface area contributed by atoms with Crippen molar-refractivity contribution in [2.45, 2.75) is 19.4 Å². The van der Waals surface area contributed by atoms with Gasteiger partial charge >= 0.3 is 0 Å². The van der Waals surface area contributed by atoms with Crippen LogP contribution in [0.2, 0.25) is 0 Å². The molecule has 0 bridgehead atoms. The number of hydrogen-bond donors (Lipinski definition) is 3. The minimum Gasteiger partial charge on any atom is -0.395 e. The maximum absolute atomic E-state index is 11.3. The maximum atomic E-state index is 11.3. The number of carbonyl (C=O) groups is 2. The van der Waals surface area contributed by atoms with Gasteiger partial charge in [0.15, 0.2) is 11.5 Å². The second kappa shape index (κ2) is 8.29. The highest BCUT2D eigenvalue weighted by Crippen LogP contribution is 2.21. The Morgan fingerprint density at radius 2 is 2.11 bits per heavy atom. The van der Waals surface area contributed by atoms with Crippen molar-refractivity contribution >= 4 is 17.5 Å². The molecule has 1 aliphatic rings. The van der Waals surface area contributed by atoms with Crippen molar-refractivity contribution in [2.75, 3.05) is 19.3 Å². The van der Waals surface area contributed by atoms with Crippen LogP contribution in [-0.4, -0.2) is 51.5 Å². The summed E-state index contributed by atoms with van der Waals surface area (Å²) in [5.74, 6) is 2.07. The molecular weight excluding hydrogens is 346 g/mol. The minimum atomic E-state index is -0.722. The molecule has 2 aromatic rings. The SMILES string of the molecule is C#Cc1cccc(-c2nc(C)c(N)c(C(N)=O)n2)c1.CN1CC[C@H](O)C1=O. The van der Waals surface area contributed by atoms with E-state index in [1.807, 2.05) is 0 Å². The molecule has 8 nitrogen and oxygen atoms in total. The normalized spacial score (nSPS) is 15.7. The molecule has 0 unspecified atom stereocenters. The zero-order chi connectivity index (χ0) is 20.1. The minimum absolute atomic E-state index is 0.0219. The van der Waals surface area contributed by atoms with E-state index in [4.69, 9.17) is 23.0 Å². The summed E-state index contributed by atoms with van der Waals surface area (Å²) < 4.78 is 0. The summed E-state index contributed by atoms with van der Waals surface area (Å²) in [7, 11) is 1.69. The van der Waals surface area contributed by atoms with Gasteiger partial charge in [-0.1, -0.05) is 18.1 Å². The quantitative estimate of drug-likeness (QED) is 0.654. The number of aryl methyl sites for hydroxylation is 1. The average Bonchev–Trinajstić information content (AvgIpc) is 2.95. The number of nitrogens with two attached hydrogens (primary N) is 2. The van der Waals surface area contributed by atoms with Crippen LogP contribution in [0, 0.1) is 19.3 Å². The number of amides is 2. The van der Waals surface area contributed by atoms with Gasteiger partial charge in [0.2, 0.25) is 0 Å². The van der Waals surface area contributed by atoms with E-state index < -0.39 is 12.0 Å². The fourth-order valence-electron chi connectivity index (χ4n) is 2.45. The van der Waals surface area contributed by atoms with Crippen LogP contribution in [0.5, 0.6) is 0 Å². The number of anilines is 1. The van der Waals surface area contributed by atoms with Crippen molar-refractivity contribution in [3.63, 3.8) is 0 Å². The number of hydrogen-bond acceptors (Lipinski definition) is 6. The van der Waals surface area contributed by atoms with Crippen LogP contribution < -0.4 is 11.5 Å². The summed E-state index contributed by atoms with van der Waals surface area (Å²) in [5.41, 5.74) is 13.1. The van der Waals surface area contributed by atoms with E-state index in [-0.39, 0.29) is 17.3 Å². The van der Waals surface area contributed by atoms with Crippen LogP contribution in [0.3, 0.4) is 0 Å². The molecule has 0 saturated carbocycles. The predicted octanol–water partition coefficient (Wildman–Crippen LogP) is 0.324. The number of carbonyl (C=O) groups excluding carboxylic acids is 2. The van der Waals surface area contributed by atoms with E-state index in [1.165, 1.54) is 4.90 Å². The lowest BCUT2D eigenvalue weighted by Gasteiger charge is -2.08. The van der Waals surface area contributed by atoms with Crippen LogP contribution in [0.4, 0.5) is 5.69 Å². The first-order valence-electron chi connectivity index (χ1n) is 8.18. The molecule has 1 aliphatic heterocycles. The number of likely N-dealkylation sites (N-methyl/N-ethyl adjacent to an activating group) is 1. The zero-order valence-corrected chi connectivity index (χ0v) is 15.1. The van der Waals surface area contributed by atoms with E-state index >= 15 is 0 Å². The Kier molecular flexibility index (Phi) is 6.11. The Morgan fingerprint density at radius 1 is 1.41 bits per heavy atom. The summed E-state index contributed by atoms with van der Waals surface area (Å²) in [5, 5.41) is 8.78. The molecule has 5 N–H and O–H groups in total. The van der Waals surface area contributed by atoms with Gasteiger partial charge in [0.25, 0.3) is 11.8 Å².